The number of ether oxygens (including phenoxy) is 1. The van der Waals surface area contributed by atoms with Gasteiger partial charge in [0.15, 0.2) is 0 Å². The summed E-state index contributed by atoms with van der Waals surface area (Å²) in [5, 5.41) is 0. The van der Waals surface area contributed by atoms with E-state index in [0.29, 0.717) is 6.42 Å². The fourth-order valence-electron chi connectivity index (χ4n) is 2.45. The summed E-state index contributed by atoms with van der Waals surface area (Å²) in [5.41, 5.74) is -0.685. The average Bonchev–Trinajstić information content (AvgIpc) is 2.58. The van der Waals surface area contributed by atoms with Gasteiger partial charge in [0, 0.05) is 18.8 Å². The molecular weight excluding hydrogens is 361 g/mol. The van der Waals surface area contributed by atoms with Crippen LogP contribution in [0.5, 0.6) is 0 Å². The molecule has 1 aliphatic rings. The summed E-state index contributed by atoms with van der Waals surface area (Å²) in [6, 6.07) is 0. The largest absolute Gasteiger partial charge is 0.378 e. The van der Waals surface area contributed by atoms with Gasteiger partial charge in [-0.25, -0.2) is 0 Å². The third-order valence-corrected chi connectivity index (χ3v) is 5.49. The first-order valence-corrected chi connectivity index (χ1v) is 11.3. The molecular formula is C12H23BO7P2S. The first kappa shape index (κ1) is 21.5. The van der Waals surface area contributed by atoms with E-state index < -0.39 is 37.9 Å². The molecule has 11 heteroatoms. The number of rotatable bonds is 6. The predicted molar refractivity (Wildman–Crippen MR) is 91.8 cm³/mol. The summed E-state index contributed by atoms with van der Waals surface area (Å²) in [6.45, 7) is 1.68. The minimum Gasteiger partial charge on any atom is -0.378 e. The Morgan fingerprint density at radius 3 is 2.26 bits per heavy atom. The lowest BCUT2D eigenvalue weighted by Crippen LogP contribution is -2.31. The minimum atomic E-state index is -4.27. The zero-order valence-electron chi connectivity index (χ0n) is 13.5. The van der Waals surface area contributed by atoms with Crippen molar-refractivity contribution in [3.8, 4) is 0 Å². The lowest BCUT2D eigenvalue weighted by Gasteiger charge is -2.31. The molecule has 0 amide bonds. The molecule has 0 bridgehead atoms. The van der Waals surface area contributed by atoms with E-state index in [1.807, 2.05) is 0 Å². The quantitative estimate of drug-likeness (QED) is 0.472. The van der Waals surface area contributed by atoms with Crippen LogP contribution in [0.15, 0.2) is 11.9 Å². The maximum atomic E-state index is 11.0. The van der Waals surface area contributed by atoms with Crippen LogP contribution >= 0.6 is 14.3 Å². The van der Waals surface area contributed by atoms with E-state index in [0.717, 1.165) is 5.82 Å². The molecule has 0 aromatic heterocycles. The van der Waals surface area contributed by atoms with Gasteiger partial charge in [0.2, 0.25) is 0 Å². The summed E-state index contributed by atoms with van der Waals surface area (Å²) in [4.78, 5) is 28.1. The normalized spacial score (nSPS) is 32.3. The van der Waals surface area contributed by atoms with Gasteiger partial charge in [-0.2, -0.15) is 0 Å². The van der Waals surface area contributed by atoms with Gasteiger partial charge in [0.05, 0.1) is 25.7 Å². The molecule has 5 atom stereocenters. The molecule has 7 nitrogen and oxygen atoms in total. The molecule has 3 N–H and O–H groups in total. The van der Waals surface area contributed by atoms with E-state index in [9.17, 15) is 9.46 Å². The van der Waals surface area contributed by atoms with Crippen LogP contribution in [0.1, 0.15) is 27.2 Å². The standard InChI is InChI=1S/C12H23BO7P2S/c1-12(2,3)20-22(17,23)19-11-9(13)7-8(10(11)18-4)5-6-21(14,15)16/h5-6,8-11H,7H2,1-4H3,(H,17,23)(H2,14,15,16)/b6-5+/t8-,9+,10+,11-,22?/m0/s1. The molecule has 1 unspecified atom stereocenters. The van der Waals surface area contributed by atoms with Crippen LogP contribution in [0.25, 0.3) is 0 Å². The first-order chi connectivity index (χ1) is 10.2. The van der Waals surface area contributed by atoms with Crippen molar-refractivity contribution in [3.05, 3.63) is 11.9 Å². The smallest absolute Gasteiger partial charge is 0.348 e. The minimum absolute atomic E-state index is 0.364. The first-order valence-electron chi connectivity index (χ1n) is 6.99. The lowest BCUT2D eigenvalue weighted by molar-refractivity contribution is -0.00962. The number of hydrogen-bond acceptors (Lipinski definition) is 5. The zero-order valence-corrected chi connectivity index (χ0v) is 16.1. The third-order valence-electron chi connectivity index (χ3n) is 3.16. The van der Waals surface area contributed by atoms with Crippen LogP contribution in [0.3, 0.4) is 0 Å². The Morgan fingerprint density at radius 1 is 1.26 bits per heavy atom. The van der Waals surface area contributed by atoms with Crippen LogP contribution in [-0.2, 0) is 30.2 Å². The Hall–Kier alpha value is 0.445. The van der Waals surface area contributed by atoms with Crippen molar-refractivity contribution in [1.82, 2.24) is 0 Å². The Balaban J connectivity index is 2.89. The molecule has 1 fully saturated rings. The second-order valence-electron chi connectivity index (χ2n) is 6.44. The maximum absolute atomic E-state index is 11.0. The molecule has 23 heavy (non-hydrogen) atoms. The van der Waals surface area contributed by atoms with Crippen molar-refractivity contribution >= 4 is 34.0 Å². The van der Waals surface area contributed by atoms with Crippen molar-refractivity contribution < 1.29 is 33.0 Å². The number of methoxy groups -OCH3 is 1. The van der Waals surface area contributed by atoms with Gasteiger partial charge in [-0.1, -0.05) is 6.08 Å². The maximum Gasteiger partial charge on any atom is 0.348 e. The van der Waals surface area contributed by atoms with Crippen LogP contribution < -0.4 is 0 Å². The van der Waals surface area contributed by atoms with Crippen LogP contribution in [-0.4, -0.2) is 47.4 Å². The summed E-state index contributed by atoms with van der Waals surface area (Å²) >= 11 is 5.01. The molecule has 0 heterocycles. The number of hydrogen-bond donors (Lipinski definition) is 3. The highest BCUT2D eigenvalue weighted by Crippen LogP contribution is 2.53. The highest BCUT2D eigenvalue weighted by molar-refractivity contribution is 8.07. The van der Waals surface area contributed by atoms with Gasteiger partial charge < -0.3 is 28.5 Å². The SMILES string of the molecule is [B][C@@H]1C[C@H](/C=C/P(=O)(O)O)[C@@H](OC)[C@H]1OP(O)(=S)OC(C)(C)C. The Labute approximate surface area is 143 Å². The fourth-order valence-corrected chi connectivity index (χ4v) is 5.18. The Bertz CT molecular complexity index is 530. The van der Waals surface area contributed by atoms with Gasteiger partial charge in [-0.15, -0.1) is 0 Å². The van der Waals surface area contributed by atoms with Gasteiger partial charge in [0.25, 0.3) is 0 Å². The van der Waals surface area contributed by atoms with Crippen LogP contribution in [0, 0.1) is 5.92 Å². The molecule has 1 saturated carbocycles. The molecule has 132 valence electrons. The van der Waals surface area contributed by atoms with Gasteiger partial charge in [-0.3, -0.25) is 4.57 Å². The van der Waals surface area contributed by atoms with E-state index in [4.69, 9.17) is 43.2 Å². The van der Waals surface area contributed by atoms with Gasteiger partial charge in [-0.05, 0) is 44.8 Å². The molecule has 0 aromatic carbocycles. The van der Waals surface area contributed by atoms with Crippen LogP contribution in [0.4, 0.5) is 0 Å². The monoisotopic (exact) mass is 384 g/mol. The van der Waals surface area contributed by atoms with E-state index in [1.165, 1.54) is 13.2 Å². The topological polar surface area (TPSA) is 105 Å². The highest BCUT2D eigenvalue weighted by atomic mass is 32.5. The van der Waals surface area contributed by atoms with E-state index >= 15 is 0 Å². The predicted octanol–water partition coefficient (Wildman–Crippen LogP) is 2.09. The van der Waals surface area contributed by atoms with Crippen molar-refractivity contribution in [1.29, 1.82) is 0 Å². The average molecular weight is 384 g/mol. The summed E-state index contributed by atoms with van der Waals surface area (Å²) < 4.78 is 27.2. The second-order valence-corrected chi connectivity index (χ2v) is 10.6. The van der Waals surface area contributed by atoms with E-state index in [1.54, 1.807) is 20.8 Å². The van der Waals surface area contributed by atoms with Crippen molar-refractivity contribution in [2.75, 3.05) is 7.11 Å². The third kappa shape index (κ3) is 7.47. The molecule has 0 spiro atoms. The lowest BCUT2D eigenvalue weighted by atomic mass is 9.84. The molecule has 1 rings (SSSR count). The molecule has 0 saturated heterocycles. The molecule has 0 aromatic rings. The van der Waals surface area contributed by atoms with Crippen LogP contribution in [0.2, 0.25) is 5.82 Å². The summed E-state index contributed by atoms with van der Waals surface area (Å²) in [5.74, 6) is -0.0545. The molecule has 1 aliphatic carbocycles. The summed E-state index contributed by atoms with van der Waals surface area (Å²) in [6.07, 6.45) is 0.421. The molecule has 2 radical (unpaired) electrons. The van der Waals surface area contributed by atoms with Crippen molar-refractivity contribution in [3.63, 3.8) is 0 Å². The van der Waals surface area contributed by atoms with Crippen molar-refractivity contribution in [2.24, 2.45) is 5.92 Å². The summed E-state index contributed by atoms with van der Waals surface area (Å²) in [7, 11) is 3.18. The van der Waals surface area contributed by atoms with E-state index in [2.05, 4.69) is 0 Å². The van der Waals surface area contributed by atoms with Crippen molar-refractivity contribution in [2.45, 2.75) is 50.8 Å². The second kappa shape index (κ2) is 7.77. The zero-order chi connectivity index (χ0) is 18.1. The fraction of sp³-hybridized carbons (Fsp3) is 0.833. The highest BCUT2D eigenvalue weighted by Gasteiger charge is 2.44. The molecule has 0 aliphatic heterocycles. The Kier molecular flexibility index (Phi) is 7.26. The van der Waals surface area contributed by atoms with Gasteiger partial charge >= 0.3 is 14.3 Å². The van der Waals surface area contributed by atoms with E-state index in [-0.39, 0.29) is 5.92 Å². The Morgan fingerprint density at radius 2 is 1.83 bits per heavy atom. The van der Waals surface area contributed by atoms with Gasteiger partial charge in [0.1, 0.15) is 0 Å².